The van der Waals surface area contributed by atoms with Crippen molar-refractivity contribution >= 4 is 131 Å². The SMILES string of the molecule is Brc1ccc(-c2ccc3c(-c4ccccc4)c4ccccc4c(-c4ccccc4)c3c2)cc1.c1ccc(-c2c3ccccc3c(-c3ccccc3)c3cc(-c4ccc(N(c5ccccc5)c5ccc(-c6ccc(-n7c8ccccc8c8ccccc87)cc6)cc5)cc4)ccc23)cc1.c1ccc(Nc2ccc(-c3ccc(-n4c5ccccc5c5ccccc54)cc3)cc2)cc1. The predicted molar refractivity (Wildman–Crippen MR) is 554 cm³/mol. The van der Waals surface area contributed by atoms with E-state index in [4.69, 9.17) is 0 Å². The first-order valence-corrected chi connectivity index (χ1v) is 44.8. The smallest absolute Gasteiger partial charge is 0.0541 e. The monoisotopic (exact) mass is 1710 g/mol. The fraction of sp³-hybridized carbons (Fsp3) is 0. The summed E-state index contributed by atoms with van der Waals surface area (Å²) in [6, 6.07) is 183. The Morgan fingerprint density at radius 2 is 0.388 bits per heavy atom. The highest BCUT2D eigenvalue weighted by atomic mass is 79.9. The average molecular weight is 1710 g/mol. The molecule has 22 aromatic carbocycles. The molecular formula is C124H85BrN4. The van der Waals surface area contributed by atoms with Crippen LogP contribution in [0.15, 0.2) is 514 Å². The first kappa shape index (κ1) is 78.5. The number of nitrogens with zero attached hydrogens (tertiary/aromatic N) is 3. The minimum Gasteiger partial charge on any atom is -0.356 e. The Kier molecular flexibility index (Phi) is 21.3. The van der Waals surface area contributed by atoms with Crippen molar-refractivity contribution < 1.29 is 0 Å². The molecule has 0 saturated heterocycles. The summed E-state index contributed by atoms with van der Waals surface area (Å²) in [6.07, 6.45) is 0. The third kappa shape index (κ3) is 15.3. The minimum absolute atomic E-state index is 1.09. The summed E-state index contributed by atoms with van der Waals surface area (Å²) in [6.45, 7) is 0. The van der Waals surface area contributed by atoms with Gasteiger partial charge in [0.25, 0.3) is 0 Å². The fourth-order valence-electron chi connectivity index (χ4n) is 19.1. The van der Waals surface area contributed by atoms with Crippen LogP contribution in [-0.2, 0) is 0 Å². The quantitative estimate of drug-likeness (QED) is 0.104. The number of para-hydroxylation sites is 6. The molecule has 0 radical (unpaired) electrons. The molecule has 2 heterocycles. The minimum atomic E-state index is 1.09. The van der Waals surface area contributed by atoms with Crippen LogP contribution in [-0.4, -0.2) is 9.13 Å². The molecule has 0 unspecified atom stereocenters. The number of aromatic nitrogens is 2. The van der Waals surface area contributed by atoms with E-state index in [1.807, 2.05) is 18.2 Å². The molecule has 0 aliphatic heterocycles. The van der Waals surface area contributed by atoms with Crippen LogP contribution in [0.25, 0.3) is 187 Å². The molecular weight excluding hydrogens is 1630 g/mol. The largest absolute Gasteiger partial charge is 0.356 e. The highest BCUT2D eigenvalue weighted by molar-refractivity contribution is 9.10. The van der Waals surface area contributed by atoms with Gasteiger partial charge in [-0.3, -0.25) is 0 Å². The van der Waals surface area contributed by atoms with Gasteiger partial charge in [0.15, 0.2) is 0 Å². The average Bonchev–Trinajstić information content (AvgIpc) is 1.68. The Labute approximate surface area is 759 Å². The Morgan fingerprint density at radius 1 is 0.163 bits per heavy atom. The van der Waals surface area contributed by atoms with E-state index in [0.717, 1.165) is 38.6 Å². The normalized spacial score (nSPS) is 11.3. The number of anilines is 5. The molecule has 4 nitrogen and oxygen atoms in total. The lowest BCUT2D eigenvalue weighted by atomic mass is 9.85. The molecule has 0 atom stereocenters. The lowest BCUT2D eigenvalue weighted by molar-refractivity contribution is 1.18. The third-order valence-electron chi connectivity index (χ3n) is 25.1. The van der Waals surface area contributed by atoms with E-state index in [1.54, 1.807) is 0 Å². The standard InChI is InChI=1S/C62H42N2.C32H21Br.C30H22N2/c1-4-16-46(17-5-1)61-55-24-10-11-25-56(55)62(47-18-6-2-7-19-47)58-42-48(34-41-57(58)61)45-32-37-51(38-33-45)63(49-20-8-3-9-21-49)50-35-28-43(29-36-50)44-30-39-52(40-31-44)64-59-26-14-12-22-53(59)54-23-13-15-27-60(54)64;33-26-18-15-22(16-19-26)25-17-20-29-30(21-25)32(24-11-5-2-6-12-24)28-14-8-7-13-27(28)31(29)23-9-3-1-4-10-23;1-2-8-24(9-3-1)31-25-18-14-22(15-19-25)23-16-20-26(21-17-23)32-29-12-6-4-10-27(29)28-11-5-7-13-30(28)32/h1-42H;1-21H;1-21,31H. The van der Waals surface area contributed by atoms with Crippen molar-refractivity contribution in [2.45, 2.75) is 0 Å². The zero-order valence-corrected chi connectivity index (χ0v) is 72.3. The van der Waals surface area contributed by atoms with Crippen molar-refractivity contribution in [2.75, 3.05) is 10.2 Å². The maximum atomic E-state index is 3.56. The highest BCUT2D eigenvalue weighted by Crippen LogP contribution is 2.49. The van der Waals surface area contributed by atoms with Gasteiger partial charge in [-0.15, -0.1) is 0 Å². The molecule has 1 N–H and O–H groups in total. The van der Waals surface area contributed by atoms with Crippen molar-refractivity contribution in [3.8, 4) is 100 Å². The molecule has 608 valence electrons. The van der Waals surface area contributed by atoms with Gasteiger partial charge in [0.2, 0.25) is 0 Å². The first-order valence-electron chi connectivity index (χ1n) is 44.0. The lowest BCUT2D eigenvalue weighted by Gasteiger charge is -2.26. The molecule has 0 aliphatic carbocycles. The molecule has 0 saturated carbocycles. The summed E-state index contributed by atoms with van der Waals surface area (Å²) in [4.78, 5) is 2.34. The second-order valence-electron chi connectivity index (χ2n) is 32.7. The lowest BCUT2D eigenvalue weighted by Crippen LogP contribution is -2.09. The van der Waals surface area contributed by atoms with Gasteiger partial charge in [0.05, 0.1) is 22.1 Å². The number of fused-ring (bicyclic) bond motifs is 10. The molecule has 24 aromatic rings. The van der Waals surface area contributed by atoms with Crippen molar-refractivity contribution in [3.63, 3.8) is 0 Å². The zero-order chi connectivity index (χ0) is 85.9. The first-order chi connectivity index (χ1) is 63.9. The highest BCUT2D eigenvalue weighted by Gasteiger charge is 2.23. The number of halogens is 1. The fourth-order valence-corrected chi connectivity index (χ4v) is 19.4. The van der Waals surface area contributed by atoms with Crippen molar-refractivity contribution in [3.05, 3.63) is 514 Å². The molecule has 0 fully saturated rings. The van der Waals surface area contributed by atoms with Gasteiger partial charge >= 0.3 is 0 Å². The van der Waals surface area contributed by atoms with Crippen molar-refractivity contribution in [1.82, 2.24) is 9.13 Å². The Bertz CT molecular complexity index is 8060. The van der Waals surface area contributed by atoms with E-state index in [2.05, 4.69) is 527 Å². The zero-order valence-electron chi connectivity index (χ0n) is 70.7. The number of nitrogens with one attached hydrogen (secondary N) is 1. The van der Waals surface area contributed by atoms with Gasteiger partial charge in [-0.05, 0) is 266 Å². The van der Waals surface area contributed by atoms with Gasteiger partial charge in [-0.1, -0.05) is 392 Å². The van der Waals surface area contributed by atoms with E-state index < -0.39 is 0 Å². The summed E-state index contributed by atoms with van der Waals surface area (Å²) in [5.41, 5.74) is 32.3. The van der Waals surface area contributed by atoms with Crippen molar-refractivity contribution in [1.29, 1.82) is 0 Å². The van der Waals surface area contributed by atoms with Gasteiger partial charge in [0.1, 0.15) is 0 Å². The summed E-state index contributed by atoms with van der Waals surface area (Å²) in [5, 5.41) is 18.7. The number of hydrogen-bond donors (Lipinski definition) is 1. The summed E-state index contributed by atoms with van der Waals surface area (Å²) in [7, 11) is 0. The van der Waals surface area contributed by atoms with E-state index in [0.29, 0.717) is 0 Å². The van der Waals surface area contributed by atoms with Crippen LogP contribution in [0.3, 0.4) is 0 Å². The molecule has 24 rings (SSSR count). The van der Waals surface area contributed by atoms with Crippen LogP contribution >= 0.6 is 15.9 Å². The van der Waals surface area contributed by atoms with Gasteiger partial charge in [-0.25, -0.2) is 0 Å². The maximum absolute atomic E-state index is 3.56. The molecule has 0 spiro atoms. The van der Waals surface area contributed by atoms with E-state index in [9.17, 15) is 0 Å². The summed E-state index contributed by atoms with van der Waals surface area (Å²) in [5.74, 6) is 0. The molecule has 0 aliphatic rings. The van der Waals surface area contributed by atoms with Crippen LogP contribution in [0.2, 0.25) is 0 Å². The van der Waals surface area contributed by atoms with Crippen LogP contribution in [0.5, 0.6) is 0 Å². The van der Waals surface area contributed by atoms with Crippen LogP contribution in [0.4, 0.5) is 28.4 Å². The molecule has 5 heteroatoms. The number of rotatable bonds is 15. The van der Waals surface area contributed by atoms with Crippen LogP contribution < -0.4 is 10.2 Å². The van der Waals surface area contributed by atoms with E-state index in [-0.39, 0.29) is 0 Å². The molecule has 2 aromatic heterocycles. The Hall–Kier alpha value is -16.4. The third-order valence-corrected chi connectivity index (χ3v) is 25.6. The van der Waals surface area contributed by atoms with E-state index in [1.165, 1.54) is 181 Å². The Balaban J connectivity index is 0.000000126. The predicted octanol–water partition coefficient (Wildman–Crippen LogP) is 35.2. The van der Waals surface area contributed by atoms with Gasteiger partial charge in [0, 0.05) is 65.8 Å². The molecule has 0 amide bonds. The van der Waals surface area contributed by atoms with Crippen molar-refractivity contribution in [2.24, 2.45) is 0 Å². The summed E-state index contributed by atoms with van der Waals surface area (Å²) >= 11 is 3.56. The topological polar surface area (TPSA) is 25.1 Å². The maximum Gasteiger partial charge on any atom is 0.0541 e. The Morgan fingerprint density at radius 3 is 0.721 bits per heavy atom. The number of benzene rings is 22. The molecule has 0 bridgehead atoms. The second kappa shape index (κ2) is 34.9. The van der Waals surface area contributed by atoms with Gasteiger partial charge in [-0.2, -0.15) is 0 Å². The second-order valence-corrected chi connectivity index (χ2v) is 33.7. The number of hydrogen-bond acceptors (Lipinski definition) is 2. The summed E-state index contributed by atoms with van der Waals surface area (Å²) < 4.78 is 5.81. The van der Waals surface area contributed by atoms with Crippen LogP contribution in [0, 0.1) is 0 Å². The van der Waals surface area contributed by atoms with Crippen LogP contribution in [0.1, 0.15) is 0 Å². The van der Waals surface area contributed by atoms with Gasteiger partial charge < -0.3 is 19.4 Å². The molecule has 129 heavy (non-hydrogen) atoms. The van der Waals surface area contributed by atoms with E-state index >= 15 is 0 Å².